The van der Waals surface area contributed by atoms with Gasteiger partial charge in [0.2, 0.25) is 0 Å². The molecular weight excluding hydrogens is 320 g/mol. The third kappa shape index (κ3) is 2.69. The summed E-state index contributed by atoms with van der Waals surface area (Å²) in [5.74, 6) is 0.996. The number of thiophene rings is 1. The van der Waals surface area contributed by atoms with Crippen molar-refractivity contribution in [1.29, 1.82) is 0 Å². The summed E-state index contributed by atoms with van der Waals surface area (Å²) in [6.45, 7) is 0.805. The number of fused-ring (bicyclic) bond motifs is 1. The van der Waals surface area contributed by atoms with Gasteiger partial charge in [-0.1, -0.05) is 0 Å². The fraction of sp³-hybridized carbons (Fsp3) is 0.500. The molecule has 0 saturated carbocycles. The molecule has 3 heterocycles. The van der Waals surface area contributed by atoms with E-state index in [1.165, 1.54) is 16.9 Å². The topological polar surface area (TPSA) is 49.3 Å². The lowest BCUT2D eigenvalue weighted by atomic mass is 10.1. The maximum atomic E-state index is 13.0. The number of nitrogens with zero attached hydrogens (tertiary/aromatic N) is 4. The highest BCUT2D eigenvalue weighted by Gasteiger charge is 2.33. The summed E-state index contributed by atoms with van der Waals surface area (Å²) in [7, 11) is 3.91. The van der Waals surface area contributed by atoms with Gasteiger partial charge in [0.15, 0.2) is 0 Å². The van der Waals surface area contributed by atoms with Crippen molar-refractivity contribution in [2.24, 2.45) is 0 Å². The molecule has 5 nitrogen and oxygen atoms in total. The number of aryl methyl sites for hydroxylation is 2. The minimum absolute atomic E-state index is 0.0434. The van der Waals surface area contributed by atoms with Gasteiger partial charge >= 0.3 is 0 Å². The smallest absolute Gasteiger partial charge is 0.264 e. The van der Waals surface area contributed by atoms with Gasteiger partial charge in [-0.15, -0.1) is 11.3 Å². The first kappa shape index (κ1) is 15.6. The van der Waals surface area contributed by atoms with Gasteiger partial charge in [0, 0.05) is 25.5 Å². The van der Waals surface area contributed by atoms with E-state index in [-0.39, 0.29) is 11.9 Å². The molecule has 1 fully saturated rings. The average molecular weight is 342 g/mol. The van der Waals surface area contributed by atoms with E-state index in [0.29, 0.717) is 0 Å². The standard InChI is InChI=1S/C18H22N4OS/c1-21(2)17-11-19-10-13(20-17)14-6-4-8-22(14)18(23)16-9-12-5-3-7-15(12)24-16/h9-11,14H,3-8H2,1-2H3. The Hall–Kier alpha value is -1.95. The third-order valence-corrected chi connectivity index (χ3v) is 6.14. The Morgan fingerprint density at radius 1 is 1.29 bits per heavy atom. The second-order valence-electron chi connectivity index (χ2n) is 6.77. The highest BCUT2D eigenvalue weighted by atomic mass is 32.1. The number of rotatable bonds is 3. The predicted molar refractivity (Wildman–Crippen MR) is 95.7 cm³/mol. The van der Waals surface area contributed by atoms with Gasteiger partial charge in [0.05, 0.1) is 29.0 Å². The van der Waals surface area contributed by atoms with Crippen LogP contribution >= 0.6 is 11.3 Å². The van der Waals surface area contributed by atoms with Crippen LogP contribution in [0.15, 0.2) is 18.5 Å². The zero-order valence-corrected chi connectivity index (χ0v) is 15.0. The normalized spacial score (nSPS) is 19.6. The van der Waals surface area contributed by atoms with E-state index in [0.717, 1.165) is 48.6 Å². The van der Waals surface area contributed by atoms with Crippen LogP contribution in [0.25, 0.3) is 0 Å². The highest BCUT2D eigenvalue weighted by molar-refractivity contribution is 7.14. The summed E-state index contributed by atoms with van der Waals surface area (Å²) in [6, 6.07) is 2.16. The molecule has 1 saturated heterocycles. The Kier molecular flexibility index (Phi) is 4.00. The summed E-state index contributed by atoms with van der Waals surface area (Å²) in [4.78, 5) is 28.3. The second-order valence-corrected chi connectivity index (χ2v) is 7.90. The average Bonchev–Trinajstić information content (AvgIpc) is 3.29. The van der Waals surface area contributed by atoms with Gasteiger partial charge in [0.25, 0.3) is 5.91 Å². The van der Waals surface area contributed by atoms with E-state index in [1.807, 2.05) is 23.9 Å². The van der Waals surface area contributed by atoms with Crippen LogP contribution in [0, 0.1) is 0 Å². The molecule has 1 amide bonds. The lowest BCUT2D eigenvalue weighted by molar-refractivity contribution is 0.0737. The van der Waals surface area contributed by atoms with Crippen molar-refractivity contribution < 1.29 is 4.79 Å². The van der Waals surface area contributed by atoms with Crippen LogP contribution in [0.4, 0.5) is 5.82 Å². The Bertz CT molecular complexity index is 749. The number of hydrogen-bond acceptors (Lipinski definition) is 5. The third-order valence-electron chi connectivity index (χ3n) is 4.91. The Balaban J connectivity index is 1.60. The van der Waals surface area contributed by atoms with Crippen LogP contribution in [0.3, 0.4) is 0 Å². The zero-order valence-electron chi connectivity index (χ0n) is 14.2. The number of likely N-dealkylation sites (tertiary alicyclic amines) is 1. The molecule has 0 radical (unpaired) electrons. The molecule has 0 N–H and O–H groups in total. The van der Waals surface area contributed by atoms with Crippen molar-refractivity contribution in [3.05, 3.63) is 39.5 Å². The predicted octanol–water partition coefficient (Wildman–Crippen LogP) is 3.07. The molecular formula is C18H22N4OS. The molecule has 1 atom stereocenters. The molecule has 24 heavy (non-hydrogen) atoms. The number of aromatic nitrogens is 2. The van der Waals surface area contributed by atoms with E-state index in [9.17, 15) is 4.79 Å². The van der Waals surface area contributed by atoms with Gasteiger partial charge < -0.3 is 9.80 Å². The van der Waals surface area contributed by atoms with Crippen molar-refractivity contribution in [3.8, 4) is 0 Å². The Morgan fingerprint density at radius 3 is 2.96 bits per heavy atom. The molecule has 126 valence electrons. The van der Waals surface area contributed by atoms with Crippen LogP contribution < -0.4 is 4.90 Å². The molecule has 1 aliphatic carbocycles. The molecule has 0 spiro atoms. The summed E-state index contributed by atoms with van der Waals surface area (Å²) in [6.07, 6.45) is 9.03. The van der Waals surface area contributed by atoms with Crippen molar-refractivity contribution in [1.82, 2.24) is 14.9 Å². The van der Waals surface area contributed by atoms with E-state index in [2.05, 4.69) is 11.1 Å². The number of anilines is 1. The van der Waals surface area contributed by atoms with Crippen molar-refractivity contribution in [3.63, 3.8) is 0 Å². The van der Waals surface area contributed by atoms with Crippen LogP contribution in [0.2, 0.25) is 0 Å². The van der Waals surface area contributed by atoms with Crippen molar-refractivity contribution in [2.45, 2.75) is 38.1 Å². The quantitative estimate of drug-likeness (QED) is 0.860. The van der Waals surface area contributed by atoms with Crippen LogP contribution in [0.1, 0.15) is 51.1 Å². The van der Waals surface area contributed by atoms with Gasteiger partial charge in [-0.25, -0.2) is 4.98 Å². The molecule has 0 aromatic carbocycles. The molecule has 1 unspecified atom stereocenters. The van der Waals surface area contributed by atoms with Crippen LogP contribution in [0.5, 0.6) is 0 Å². The highest BCUT2D eigenvalue weighted by Crippen LogP contribution is 2.36. The minimum Gasteiger partial charge on any atom is -0.361 e. The van der Waals surface area contributed by atoms with E-state index in [1.54, 1.807) is 23.7 Å². The Labute approximate surface area is 146 Å². The summed E-state index contributed by atoms with van der Waals surface area (Å²) >= 11 is 1.69. The molecule has 4 rings (SSSR count). The first-order chi connectivity index (χ1) is 11.6. The van der Waals surface area contributed by atoms with Gasteiger partial charge in [-0.05, 0) is 43.7 Å². The summed E-state index contributed by atoms with van der Waals surface area (Å²) in [5.41, 5.74) is 2.28. The van der Waals surface area contributed by atoms with E-state index in [4.69, 9.17) is 4.98 Å². The summed E-state index contributed by atoms with van der Waals surface area (Å²) in [5, 5.41) is 0. The number of carbonyl (C=O) groups is 1. The lowest BCUT2D eigenvalue weighted by Crippen LogP contribution is -2.30. The first-order valence-corrected chi connectivity index (χ1v) is 9.37. The van der Waals surface area contributed by atoms with Crippen LogP contribution in [-0.2, 0) is 12.8 Å². The second kappa shape index (κ2) is 6.16. The fourth-order valence-corrected chi connectivity index (χ4v) is 4.85. The van der Waals surface area contributed by atoms with Gasteiger partial charge in [0.1, 0.15) is 5.82 Å². The van der Waals surface area contributed by atoms with Crippen molar-refractivity contribution in [2.75, 3.05) is 25.5 Å². The largest absolute Gasteiger partial charge is 0.361 e. The maximum absolute atomic E-state index is 13.0. The van der Waals surface area contributed by atoms with Gasteiger partial charge in [-0.2, -0.15) is 0 Å². The zero-order chi connectivity index (χ0) is 16.7. The molecule has 2 aromatic rings. The van der Waals surface area contributed by atoms with E-state index >= 15 is 0 Å². The molecule has 1 aliphatic heterocycles. The number of hydrogen-bond donors (Lipinski definition) is 0. The minimum atomic E-state index is 0.0434. The molecule has 2 aromatic heterocycles. The molecule has 2 aliphatic rings. The number of carbonyl (C=O) groups excluding carboxylic acids is 1. The van der Waals surface area contributed by atoms with E-state index < -0.39 is 0 Å². The SMILES string of the molecule is CN(C)c1cncc(C2CCCN2C(=O)c2cc3c(s2)CCC3)n1. The monoisotopic (exact) mass is 342 g/mol. The molecule has 0 bridgehead atoms. The Morgan fingerprint density at radius 2 is 2.17 bits per heavy atom. The van der Waals surface area contributed by atoms with Crippen molar-refractivity contribution >= 4 is 23.1 Å². The van der Waals surface area contributed by atoms with Crippen LogP contribution in [-0.4, -0.2) is 41.4 Å². The first-order valence-electron chi connectivity index (χ1n) is 8.55. The van der Waals surface area contributed by atoms with Gasteiger partial charge in [-0.3, -0.25) is 9.78 Å². The number of amides is 1. The lowest BCUT2D eigenvalue weighted by Gasteiger charge is -2.24. The molecule has 6 heteroatoms. The maximum Gasteiger partial charge on any atom is 0.264 e. The summed E-state index contributed by atoms with van der Waals surface area (Å²) < 4.78 is 0. The fourth-order valence-electron chi connectivity index (χ4n) is 3.64.